The first-order valence-electron chi connectivity index (χ1n) is 12.1. The number of nitrogens with zero attached hydrogens (tertiary/aromatic N) is 6. The summed E-state index contributed by atoms with van der Waals surface area (Å²) >= 11 is 1.27. The van der Waals surface area contributed by atoms with Gasteiger partial charge in [0.15, 0.2) is 0 Å². The van der Waals surface area contributed by atoms with Crippen LogP contribution in [0.25, 0.3) is 21.5 Å². The number of aromatic nitrogens is 4. The lowest BCUT2D eigenvalue weighted by molar-refractivity contribution is 0.100. The maximum Gasteiger partial charge on any atom is 0.260 e. The Bertz CT molecular complexity index is 1410. The molecule has 5 rings (SSSR count). The molecule has 1 fully saturated rings. The van der Waals surface area contributed by atoms with E-state index in [9.17, 15) is 4.79 Å². The Balaban J connectivity index is 1.09. The molecule has 0 unspecified atom stereocenters. The van der Waals surface area contributed by atoms with Gasteiger partial charge in [-0.3, -0.25) is 9.69 Å². The van der Waals surface area contributed by atoms with Gasteiger partial charge in [0, 0.05) is 61.2 Å². The van der Waals surface area contributed by atoms with E-state index in [-0.39, 0.29) is 0 Å². The molecule has 0 atom stereocenters. The van der Waals surface area contributed by atoms with Crippen LogP contribution in [0.4, 0.5) is 5.95 Å². The van der Waals surface area contributed by atoms with Crippen LogP contribution in [-0.4, -0.2) is 63.5 Å². The van der Waals surface area contributed by atoms with Crippen LogP contribution in [0.15, 0.2) is 36.8 Å². The molecule has 184 valence electrons. The van der Waals surface area contributed by atoms with Gasteiger partial charge in [-0.1, -0.05) is 0 Å². The van der Waals surface area contributed by atoms with Crippen molar-refractivity contribution in [3.05, 3.63) is 58.5 Å². The van der Waals surface area contributed by atoms with Crippen molar-refractivity contribution in [2.45, 2.75) is 26.2 Å². The second-order valence-corrected chi connectivity index (χ2v) is 10.0. The van der Waals surface area contributed by atoms with Crippen LogP contribution in [0.5, 0.6) is 0 Å². The fourth-order valence-electron chi connectivity index (χ4n) is 4.62. The SMILES string of the molecule is Cc1nc(-c2cnc(N3CCN(CCCCc4c[nH]c5ccc(C#N)cc45)CC3)nc2)sc1C(N)=O. The van der Waals surface area contributed by atoms with Gasteiger partial charge in [-0.05, 0) is 56.5 Å². The molecule has 36 heavy (non-hydrogen) atoms. The molecule has 3 aromatic heterocycles. The van der Waals surface area contributed by atoms with Gasteiger partial charge in [-0.25, -0.2) is 15.0 Å². The highest BCUT2D eigenvalue weighted by Gasteiger charge is 2.20. The van der Waals surface area contributed by atoms with E-state index in [1.165, 1.54) is 16.9 Å². The van der Waals surface area contributed by atoms with Crippen LogP contribution >= 0.6 is 11.3 Å². The fourth-order valence-corrected chi connectivity index (χ4v) is 5.51. The fraction of sp³-hybridized carbons (Fsp3) is 0.346. The molecule has 1 aromatic carbocycles. The van der Waals surface area contributed by atoms with Gasteiger partial charge < -0.3 is 15.6 Å². The number of fused-ring (bicyclic) bond motifs is 1. The van der Waals surface area contributed by atoms with Crippen molar-refractivity contribution in [3.63, 3.8) is 0 Å². The summed E-state index contributed by atoms with van der Waals surface area (Å²) in [5.74, 6) is 0.261. The molecule has 9 nitrogen and oxygen atoms in total. The minimum absolute atomic E-state index is 0.459. The molecule has 10 heteroatoms. The second-order valence-electron chi connectivity index (χ2n) is 9.04. The molecule has 0 saturated carbocycles. The lowest BCUT2D eigenvalue weighted by Crippen LogP contribution is -2.47. The number of carbonyl (C=O) groups is 1. The third kappa shape index (κ3) is 5.08. The van der Waals surface area contributed by atoms with Crippen molar-refractivity contribution >= 4 is 34.1 Å². The van der Waals surface area contributed by atoms with Crippen LogP contribution in [0.3, 0.4) is 0 Å². The maximum absolute atomic E-state index is 11.5. The number of nitrogens with one attached hydrogen (secondary N) is 1. The third-order valence-corrected chi connectivity index (χ3v) is 7.85. The minimum Gasteiger partial charge on any atom is -0.365 e. The molecular formula is C26H28N8OS. The number of thiazole rings is 1. The van der Waals surface area contributed by atoms with E-state index in [0.717, 1.165) is 74.4 Å². The Morgan fingerprint density at radius 2 is 1.97 bits per heavy atom. The molecule has 4 heterocycles. The van der Waals surface area contributed by atoms with E-state index in [2.05, 4.69) is 42.0 Å². The standard InChI is InChI=1S/C26H28N8OS/c1-17-23(24(28)35)36-25(32-17)20-15-30-26(31-16-20)34-10-8-33(9-11-34)7-3-2-4-19-14-29-22-6-5-18(13-27)12-21(19)22/h5-6,12,14-16,29H,2-4,7-11H2,1H3,(H2,28,35). The van der Waals surface area contributed by atoms with Crippen LogP contribution in [0.2, 0.25) is 0 Å². The number of hydrogen-bond acceptors (Lipinski definition) is 8. The van der Waals surface area contributed by atoms with Crippen molar-refractivity contribution in [2.75, 3.05) is 37.6 Å². The summed E-state index contributed by atoms with van der Waals surface area (Å²) in [6.07, 6.45) is 8.86. The number of benzene rings is 1. The van der Waals surface area contributed by atoms with Crippen LogP contribution in [-0.2, 0) is 6.42 Å². The highest BCUT2D eigenvalue weighted by molar-refractivity contribution is 7.17. The van der Waals surface area contributed by atoms with Crippen molar-refractivity contribution < 1.29 is 4.79 Å². The van der Waals surface area contributed by atoms with Crippen molar-refractivity contribution in [3.8, 4) is 16.6 Å². The Morgan fingerprint density at radius 1 is 1.19 bits per heavy atom. The molecule has 3 N–H and O–H groups in total. The molecule has 0 bridgehead atoms. The molecule has 0 aliphatic carbocycles. The van der Waals surface area contributed by atoms with Gasteiger partial charge in [-0.2, -0.15) is 5.26 Å². The molecular weight excluding hydrogens is 472 g/mol. The van der Waals surface area contributed by atoms with Crippen molar-refractivity contribution in [1.29, 1.82) is 5.26 Å². The van der Waals surface area contributed by atoms with Crippen molar-refractivity contribution in [2.24, 2.45) is 5.73 Å². The zero-order chi connectivity index (χ0) is 25.1. The van der Waals surface area contributed by atoms with Crippen LogP contribution < -0.4 is 10.6 Å². The topological polar surface area (TPSA) is 128 Å². The quantitative estimate of drug-likeness (QED) is 0.354. The van der Waals surface area contributed by atoms with E-state index in [1.54, 1.807) is 19.3 Å². The number of primary amides is 1. The lowest BCUT2D eigenvalue weighted by atomic mass is 10.1. The number of unbranched alkanes of at least 4 members (excludes halogenated alkanes) is 1. The number of amides is 1. The highest BCUT2D eigenvalue weighted by Crippen LogP contribution is 2.27. The number of aromatic amines is 1. The number of anilines is 1. The number of piperazine rings is 1. The van der Waals surface area contributed by atoms with Gasteiger partial charge in [0.2, 0.25) is 5.95 Å². The summed E-state index contributed by atoms with van der Waals surface area (Å²) < 4.78 is 0. The average molecular weight is 501 g/mol. The first kappa shape index (κ1) is 23.9. The normalized spacial score (nSPS) is 14.3. The van der Waals surface area contributed by atoms with E-state index in [1.807, 2.05) is 18.2 Å². The Morgan fingerprint density at radius 3 is 2.67 bits per heavy atom. The predicted molar refractivity (Wildman–Crippen MR) is 141 cm³/mol. The van der Waals surface area contributed by atoms with E-state index in [0.29, 0.717) is 21.1 Å². The predicted octanol–water partition coefficient (Wildman–Crippen LogP) is 3.51. The smallest absolute Gasteiger partial charge is 0.260 e. The number of nitriles is 1. The molecule has 4 aromatic rings. The minimum atomic E-state index is -0.459. The zero-order valence-electron chi connectivity index (χ0n) is 20.2. The van der Waals surface area contributed by atoms with Gasteiger partial charge in [0.25, 0.3) is 5.91 Å². The van der Waals surface area contributed by atoms with Gasteiger partial charge in [0.05, 0.1) is 17.3 Å². The highest BCUT2D eigenvalue weighted by atomic mass is 32.1. The summed E-state index contributed by atoms with van der Waals surface area (Å²) in [6.45, 7) is 6.60. The molecule has 0 radical (unpaired) electrons. The zero-order valence-corrected chi connectivity index (χ0v) is 21.0. The molecule has 1 amide bonds. The summed E-state index contributed by atoms with van der Waals surface area (Å²) in [5, 5.41) is 11.0. The first-order chi connectivity index (χ1) is 17.5. The number of hydrogen-bond donors (Lipinski definition) is 2. The number of H-pyrrole nitrogens is 1. The molecule has 1 aliphatic rings. The van der Waals surface area contributed by atoms with Gasteiger partial charge >= 0.3 is 0 Å². The number of aryl methyl sites for hydroxylation is 2. The molecule has 0 spiro atoms. The largest absolute Gasteiger partial charge is 0.365 e. The lowest BCUT2D eigenvalue weighted by Gasteiger charge is -2.34. The van der Waals surface area contributed by atoms with Gasteiger partial charge in [-0.15, -0.1) is 11.3 Å². The van der Waals surface area contributed by atoms with Crippen LogP contribution in [0, 0.1) is 18.3 Å². The van der Waals surface area contributed by atoms with Crippen molar-refractivity contribution in [1.82, 2.24) is 24.8 Å². The average Bonchev–Trinajstić information content (AvgIpc) is 3.50. The number of nitrogens with two attached hydrogens (primary N) is 1. The van der Waals surface area contributed by atoms with E-state index in [4.69, 9.17) is 11.0 Å². The van der Waals surface area contributed by atoms with E-state index < -0.39 is 5.91 Å². The Kier molecular flexibility index (Phi) is 6.93. The third-order valence-electron chi connectivity index (χ3n) is 6.63. The molecule has 1 aliphatic heterocycles. The van der Waals surface area contributed by atoms with Gasteiger partial charge in [0.1, 0.15) is 9.88 Å². The Labute approximate surface area is 213 Å². The summed E-state index contributed by atoms with van der Waals surface area (Å²) in [5.41, 5.74) is 9.91. The summed E-state index contributed by atoms with van der Waals surface area (Å²) in [6, 6.07) is 8.04. The number of carbonyl (C=O) groups excluding carboxylic acids is 1. The first-order valence-corrected chi connectivity index (χ1v) is 12.9. The molecule has 1 saturated heterocycles. The Hall–Kier alpha value is -3.81. The number of rotatable bonds is 8. The summed E-state index contributed by atoms with van der Waals surface area (Å²) in [7, 11) is 0. The maximum atomic E-state index is 11.5. The van der Waals surface area contributed by atoms with E-state index >= 15 is 0 Å². The van der Waals surface area contributed by atoms with Crippen LogP contribution in [0.1, 0.15) is 39.3 Å². The summed E-state index contributed by atoms with van der Waals surface area (Å²) in [4.78, 5) is 33.5. The monoisotopic (exact) mass is 500 g/mol. The second kappa shape index (κ2) is 10.4.